The number of fused-ring (bicyclic) bond motifs is 1. The van der Waals surface area contributed by atoms with Gasteiger partial charge in [-0.15, -0.1) is 0 Å². The molecule has 11 heavy (non-hydrogen) atoms. The van der Waals surface area contributed by atoms with Gasteiger partial charge in [-0.05, 0) is 13.5 Å². The Kier molecular flexibility index (Phi) is 1.63. The predicted octanol–water partition coefficient (Wildman–Crippen LogP) is 0.339. The van der Waals surface area contributed by atoms with Gasteiger partial charge in [0.25, 0.3) is 0 Å². The Morgan fingerprint density at radius 3 is 2.73 bits per heavy atom. The highest BCUT2D eigenvalue weighted by Crippen LogP contribution is 2.31. The molecule has 1 saturated heterocycles. The summed E-state index contributed by atoms with van der Waals surface area (Å²) in [5.74, 6) is 6.98. The minimum atomic E-state index is 0.537. The molecule has 3 atom stereocenters. The third-order valence-corrected chi connectivity index (χ3v) is 2.70. The van der Waals surface area contributed by atoms with Crippen molar-refractivity contribution in [3.63, 3.8) is 0 Å². The van der Waals surface area contributed by atoms with Gasteiger partial charge < -0.3 is 4.74 Å². The number of methoxy groups -OCH3 is 1. The van der Waals surface area contributed by atoms with Crippen LogP contribution in [0.15, 0.2) is 0 Å². The lowest BCUT2D eigenvalue weighted by molar-refractivity contribution is 0.122. The lowest BCUT2D eigenvalue weighted by atomic mass is 9.93. The van der Waals surface area contributed by atoms with E-state index < -0.39 is 0 Å². The lowest BCUT2D eigenvalue weighted by Crippen LogP contribution is -2.37. The van der Waals surface area contributed by atoms with Crippen molar-refractivity contribution in [1.29, 1.82) is 0 Å². The zero-order valence-corrected chi connectivity index (χ0v) is 7.00. The van der Waals surface area contributed by atoms with E-state index in [0.29, 0.717) is 18.0 Å². The highest BCUT2D eigenvalue weighted by atomic mass is 16.5. The average molecular weight is 151 g/mol. The van der Waals surface area contributed by atoms with Gasteiger partial charge in [0.15, 0.2) is 0 Å². The minimum absolute atomic E-state index is 0.537. The summed E-state index contributed by atoms with van der Waals surface area (Å²) in [4.78, 5) is 2.34. The number of rotatable bonds is 2. The predicted molar refractivity (Wildman–Crippen MR) is 43.1 cm³/mol. The van der Waals surface area contributed by atoms with Crippen LogP contribution in [0.3, 0.4) is 0 Å². The fourth-order valence-corrected chi connectivity index (χ4v) is 1.91. The second-order valence-corrected chi connectivity index (χ2v) is 3.35. The summed E-state index contributed by atoms with van der Waals surface area (Å²) in [6, 6.07) is 1.12. The fourth-order valence-electron chi connectivity index (χ4n) is 1.91. The van der Waals surface area contributed by atoms with Crippen molar-refractivity contribution in [2.75, 3.05) is 20.8 Å². The van der Waals surface area contributed by atoms with E-state index in [1.807, 2.05) is 0 Å². The van der Waals surface area contributed by atoms with Crippen LogP contribution in [-0.4, -0.2) is 37.7 Å². The molecule has 2 heteroatoms. The summed E-state index contributed by atoms with van der Waals surface area (Å²) in [5.41, 5.74) is 0. The molecule has 0 amide bonds. The summed E-state index contributed by atoms with van der Waals surface area (Å²) in [7, 11) is 3.90. The Hall–Kier alpha value is -0.520. The van der Waals surface area contributed by atoms with Crippen LogP contribution in [0.4, 0.5) is 0 Å². The number of hydrogen-bond donors (Lipinski definition) is 0. The first-order valence-corrected chi connectivity index (χ1v) is 4.05. The second-order valence-electron chi connectivity index (χ2n) is 3.35. The van der Waals surface area contributed by atoms with Gasteiger partial charge in [0.2, 0.25) is 0 Å². The Labute approximate surface area is 67.5 Å². The zero-order chi connectivity index (χ0) is 7.84. The number of likely N-dealkylation sites (tertiary alicyclic amines) is 1. The summed E-state index contributed by atoms with van der Waals surface area (Å²) in [5, 5.41) is 0. The molecule has 0 saturated carbocycles. The molecule has 0 aromatic carbocycles. The van der Waals surface area contributed by atoms with Crippen molar-refractivity contribution in [2.24, 2.45) is 5.92 Å². The molecular weight excluding hydrogens is 138 g/mol. The van der Waals surface area contributed by atoms with Gasteiger partial charge in [-0.2, -0.15) is 0 Å². The molecule has 1 fully saturated rings. The number of ether oxygens (including phenoxy) is 1. The van der Waals surface area contributed by atoms with E-state index >= 15 is 0 Å². The quantitative estimate of drug-likeness (QED) is 0.528. The van der Waals surface area contributed by atoms with Crippen LogP contribution in [0.5, 0.6) is 0 Å². The van der Waals surface area contributed by atoms with Crippen LogP contribution in [0.25, 0.3) is 0 Å². The summed E-state index contributed by atoms with van der Waals surface area (Å²) < 4.78 is 5.12. The highest BCUT2D eigenvalue weighted by molar-refractivity contribution is 5.30. The zero-order valence-electron chi connectivity index (χ0n) is 7.00. The molecule has 60 valence electrons. The molecule has 2 aliphatic rings. The smallest absolute Gasteiger partial charge is 0.0855 e. The first-order valence-electron chi connectivity index (χ1n) is 4.05. The van der Waals surface area contributed by atoms with Gasteiger partial charge in [-0.3, -0.25) is 4.90 Å². The van der Waals surface area contributed by atoms with Gasteiger partial charge in [0.1, 0.15) is 0 Å². The molecule has 1 aliphatic heterocycles. The third-order valence-electron chi connectivity index (χ3n) is 2.70. The number of nitrogens with zero attached hydrogens (tertiary/aromatic N) is 1. The molecule has 0 aromatic heterocycles. The van der Waals surface area contributed by atoms with Crippen LogP contribution in [0.1, 0.15) is 6.42 Å². The van der Waals surface area contributed by atoms with Crippen LogP contribution < -0.4 is 0 Å². The van der Waals surface area contributed by atoms with Crippen molar-refractivity contribution >= 4 is 0 Å². The van der Waals surface area contributed by atoms with Gasteiger partial charge >= 0.3 is 0 Å². The van der Waals surface area contributed by atoms with Crippen LogP contribution in [0, 0.1) is 17.8 Å². The topological polar surface area (TPSA) is 12.5 Å². The van der Waals surface area contributed by atoms with Crippen LogP contribution in [0.2, 0.25) is 0 Å². The molecule has 0 N–H and O–H groups in total. The van der Waals surface area contributed by atoms with E-state index in [-0.39, 0.29) is 0 Å². The molecular formula is C9H13NO. The summed E-state index contributed by atoms with van der Waals surface area (Å²) >= 11 is 0. The molecule has 2 nitrogen and oxygen atoms in total. The third kappa shape index (κ3) is 0.962. The van der Waals surface area contributed by atoms with Crippen molar-refractivity contribution in [1.82, 2.24) is 4.90 Å². The molecule has 0 radical (unpaired) electrons. The maximum absolute atomic E-state index is 5.12. The highest BCUT2D eigenvalue weighted by Gasteiger charge is 2.40. The first-order chi connectivity index (χ1) is 5.33. The minimum Gasteiger partial charge on any atom is -0.383 e. The Morgan fingerprint density at radius 1 is 1.55 bits per heavy atom. The maximum atomic E-state index is 5.12. The second kappa shape index (κ2) is 2.51. The number of likely N-dealkylation sites (N-methyl/N-ethyl adjacent to an activating group) is 1. The van der Waals surface area contributed by atoms with Crippen molar-refractivity contribution in [3.8, 4) is 11.8 Å². The van der Waals surface area contributed by atoms with E-state index in [1.54, 1.807) is 7.11 Å². The van der Waals surface area contributed by atoms with Crippen molar-refractivity contribution in [2.45, 2.75) is 18.5 Å². The van der Waals surface area contributed by atoms with E-state index in [2.05, 4.69) is 23.8 Å². The van der Waals surface area contributed by atoms with Gasteiger partial charge in [0, 0.05) is 19.1 Å². The van der Waals surface area contributed by atoms with Gasteiger partial charge in [-0.25, -0.2) is 0 Å². The van der Waals surface area contributed by atoms with E-state index in [9.17, 15) is 0 Å². The molecule has 1 aliphatic carbocycles. The molecule has 1 heterocycles. The van der Waals surface area contributed by atoms with E-state index in [1.165, 1.54) is 6.42 Å². The monoisotopic (exact) mass is 151 g/mol. The maximum Gasteiger partial charge on any atom is 0.0855 e. The standard InChI is InChI=1S/C9H13NO/c1-10-8(6-11-2)5-7-3-4-9(7)10/h7-9H,5-6H2,1-2H3/t7-,8-,9-/m0/s1. The largest absolute Gasteiger partial charge is 0.383 e. The fraction of sp³-hybridized carbons (Fsp3) is 0.778. The number of hydrogen-bond acceptors (Lipinski definition) is 2. The first kappa shape index (κ1) is 7.15. The SMILES string of the molecule is COC[C@@H]1C[C@@H]2C#C[C@@H]2N1C. The lowest BCUT2D eigenvalue weighted by Gasteiger charge is -2.24. The Morgan fingerprint density at radius 2 is 2.36 bits per heavy atom. The van der Waals surface area contributed by atoms with Gasteiger partial charge in [0.05, 0.1) is 12.6 Å². The Bertz CT molecular complexity index is 215. The summed E-state index contributed by atoms with van der Waals surface area (Å²) in [6.45, 7) is 0.840. The molecule has 0 unspecified atom stereocenters. The van der Waals surface area contributed by atoms with E-state index in [0.717, 1.165) is 6.61 Å². The van der Waals surface area contributed by atoms with Crippen molar-refractivity contribution < 1.29 is 4.74 Å². The van der Waals surface area contributed by atoms with Crippen LogP contribution in [-0.2, 0) is 4.74 Å². The molecule has 0 bridgehead atoms. The molecule has 2 rings (SSSR count). The summed E-state index contributed by atoms with van der Waals surface area (Å²) in [6.07, 6.45) is 1.20. The van der Waals surface area contributed by atoms with E-state index in [4.69, 9.17) is 4.74 Å². The van der Waals surface area contributed by atoms with Crippen LogP contribution >= 0.6 is 0 Å². The van der Waals surface area contributed by atoms with Gasteiger partial charge in [-0.1, -0.05) is 11.8 Å². The normalized spacial score (nSPS) is 40.7. The molecule has 0 aromatic rings. The molecule has 0 spiro atoms. The Balaban J connectivity index is 1.98. The average Bonchev–Trinajstić information content (AvgIpc) is 2.11. The van der Waals surface area contributed by atoms with Crippen molar-refractivity contribution in [3.05, 3.63) is 0 Å².